The first kappa shape index (κ1) is 11.2. The average Bonchev–Trinajstić information content (AvgIpc) is 1.99. The molecule has 1 rings (SSSR count). The molecular weight excluding hydrogens is 178 g/mol. The number of hydrogen-bond donors (Lipinski definition) is 0. The number of rotatable bonds is 3. The molecule has 0 aromatic heterocycles. The van der Waals surface area contributed by atoms with Gasteiger partial charge in [0, 0.05) is 19.0 Å². The van der Waals surface area contributed by atoms with E-state index in [1.165, 1.54) is 0 Å². The molecule has 0 aromatic rings. The molecule has 3 nitrogen and oxygen atoms in total. The standard InChI is InChI=1S/C11H19NO2/c1-8(2)9(13)11(3,4)10(14)12-6-5-7-12/h8H,5-7H2,1-4H3. The molecule has 0 aromatic carbocycles. The Labute approximate surface area is 85.5 Å². The molecule has 1 heterocycles. The monoisotopic (exact) mass is 197 g/mol. The highest BCUT2D eigenvalue weighted by atomic mass is 16.2. The average molecular weight is 197 g/mol. The zero-order valence-corrected chi connectivity index (χ0v) is 9.46. The van der Waals surface area contributed by atoms with Crippen molar-refractivity contribution in [2.75, 3.05) is 13.1 Å². The molecule has 1 aliphatic heterocycles. The maximum Gasteiger partial charge on any atom is 0.235 e. The SMILES string of the molecule is CC(C)C(=O)C(C)(C)C(=O)N1CCC1. The summed E-state index contributed by atoms with van der Waals surface area (Å²) in [5, 5.41) is 0. The number of likely N-dealkylation sites (tertiary alicyclic amines) is 1. The van der Waals surface area contributed by atoms with Gasteiger partial charge in [-0.05, 0) is 20.3 Å². The molecule has 0 N–H and O–H groups in total. The molecule has 3 heteroatoms. The molecule has 0 atom stereocenters. The van der Waals surface area contributed by atoms with Crippen LogP contribution in [-0.2, 0) is 9.59 Å². The number of carbonyl (C=O) groups excluding carboxylic acids is 2. The van der Waals surface area contributed by atoms with Crippen molar-refractivity contribution in [2.45, 2.75) is 34.1 Å². The molecule has 0 aliphatic carbocycles. The van der Waals surface area contributed by atoms with Crippen LogP contribution in [-0.4, -0.2) is 29.7 Å². The Morgan fingerprint density at radius 1 is 1.21 bits per heavy atom. The second-order valence-corrected chi connectivity index (χ2v) is 4.79. The Morgan fingerprint density at radius 2 is 1.71 bits per heavy atom. The van der Waals surface area contributed by atoms with Gasteiger partial charge in [-0.25, -0.2) is 0 Å². The van der Waals surface area contributed by atoms with E-state index in [9.17, 15) is 9.59 Å². The summed E-state index contributed by atoms with van der Waals surface area (Å²) < 4.78 is 0. The van der Waals surface area contributed by atoms with Crippen molar-refractivity contribution in [3.8, 4) is 0 Å². The third-order valence-electron chi connectivity index (χ3n) is 2.82. The minimum Gasteiger partial charge on any atom is -0.342 e. The predicted octanol–water partition coefficient (Wildman–Crippen LogP) is 1.47. The summed E-state index contributed by atoms with van der Waals surface area (Å²) in [4.78, 5) is 25.5. The first-order valence-corrected chi connectivity index (χ1v) is 5.21. The summed E-state index contributed by atoms with van der Waals surface area (Å²) in [6, 6.07) is 0. The van der Waals surface area contributed by atoms with Gasteiger partial charge >= 0.3 is 0 Å². The fourth-order valence-electron chi connectivity index (χ4n) is 1.74. The maximum absolute atomic E-state index is 11.9. The van der Waals surface area contributed by atoms with Gasteiger partial charge < -0.3 is 4.90 Å². The number of amides is 1. The zero-order valence-electron chi connectivity index (χ0n) is 9.46. The molecule has 1 aliphatic rings. The van der Waals surface area contributed by atoms with Crippen molar-refractivity contribution in [1.29, 1.82) is 0 Å². The summed E-state index contributed by atoms with van der Waals surface area (Å²) >= 11 is 0. The van der Waals surface area contributed by atoms with Crippen molar-refractivity contribution < 1.29 is 9.59 Å². The summed E-state index contributed by atoms with van der Waals surface area (Å²) in [5.74, 6) is -0.0490. The minimum atomic E-state index is -0.839. The Bertz CT molecular complexity index is 252. The summed E-state index contributed by atoms with van der Waals surface area (Å²) in [7, 11) is 0. The predicted molar refractivity (Wildman–Crippen MR) is 54.8 cm³/mol. The van der Waals surface area contributed by atoms with Crippen LogP contribution in [0.15, 0.2) is 0 Å². The Balaban J connectivity index is 2.72. The molecule has 0 spiro atoms. The normalized spacial score (nSPS) is 16.8. The van der Waals surface area contributed by atoms with Gasteiger partial charge in [-0.15, -0.1) is 0 Å². The molecule has 0 bridgehead atoms. The van der Waals surface area contributed by atoms with E-state index in [2.05, 4.69) is 0 Å². The number of nitrogens with zero attached hydrogens (tertiary/aromatic N) is 1. The maximum atomic E-state index is 11.9. The largest absolute Gasteiger partial charge is 0.342 e. The van der Waals surface area contributed by atoms with Crippen molar-refractivity contribution in [2.24, 2.45) is 11.3 Å². The minimum absolute atomic E-state index is 0.0116. The molecule has 14 heavy (non-hydrogen) atoms. The van der Waals surface area contributed by atoms with Gasteiger partial charge in [-0.1, -0.05) is 13.8 Å². The van der Waals surface area contributed by atoms with E-state index in [0.29, 0.717) is 0 Å². The van der Waals surface area contributed by atoms with Crippen LogP contribution >= 0.6 is 0 Å². The van der Waals surface area contributed by atoms with Crippen molar-refractivity contribution in [1.82, 2.24) is 4.90 Å². The highest BCUT2D eigenvalue weighted by Gasteiger charge is 2.41. The van der Waals surface area contributed by atoms with Gasteiger partial charge in [0.05, 0.1) is 0 Å². The van der Waals surface area contributed by atoms with Gasteiger partial charge in [0.1, 0.15) is 11.2 Å². The summed E-state index contributed by atoms with van der Waals surface area (Å²) in [5.41, 5.74) is -0.839. The topological polar surface area (TPSA) is 37.4 Å². The second-order valence-electron chi connectivity index (χ2n) is 4.79. The lowest BCUT2D eigenvalue weighted by molar-refractivity contribution is -0.151. The quantitative estimate of drug-likeness (QED) is 0.642. The van der Waals surface area contributed by atoms with E-state index in [1.54, 1.807) is 18.7 Å². The molecule has 0 radical (unpaired) electrons. The lowest BCUT2D eigenvalue weighted by Crippen LogP contribution is -2.51. The molecular formula is C11H19NO2. The van der Waals surface area contributed by atoms with Gasteiger partial charge in [-0.3, -0.25) is 9.59 Å². The van der Waals surface area contributed by atoms with Crippen molar-refractivity contribution in [3.63, 3.8) is 0 Å². The van der Waals surface area contributed by atoms with Crippen LogP contribution in [0.5, 0.6) is 0 Å². The van der Waals surface area contributed by atoms with Crippen LogP contribution in [0, 0.1) is 11.3 Å². The third-order valence-corrected chi connectivity index (χ3v) is 2.82. The van der Waals surface area contributed by atoms with Gasteiger partial charge in [-0.2, -0.15) is 0 Å². The number of carbonyl (C=O) groups is 2. The van der Waals surface area contributed by atoms with E-state index >= 15 is 0 Å². The van der Waals surface area contributed by atoms with E-state index < -0.39 is 5.41 Å². The van der Waals surface area contributed by atoms with Gasteiger partial charge in [0.15, 0.2) is 0 Å². The number of Topliss-reactive ketones (excluding diaryl/α,β-unsaturated/α-hetero) is 1. The Morgan fingerprint density at radius 3 is 2.00 bits per heavy atom. The van der Waals surface area contributed by atoms with Crippen LogP contribution in [0.25, 0.3) is 0 Å². The highest BCUT2D eigenvalue weighted by molar-refractivity contribution is 6.06. The number of hydrogen-bond acceptors (Lipinski definition) is 2. The molecule has 80 valence electrons. The van der Waals surface area contributed by atoms with Gasteiger partial charge in [0.25, 0.3) is 0 Å². The van der Waals surface area contributed by atoms with Gasteiger partial charge in [0.2, 0.25) is 5.91 Å². The Kier molecular flexibility index (Phi) is 2.98. The smallest absolute Gasteiger partial charge is 0.235 e. The molecule has 1 saturated heterocycles. The first-order chi connectivity index (χ1) is 6.37. The van der Waals surface area contributed by atoms with E-state index in [0.717, 1.165) is 19.5 Å². The highest BCUT2D eigenvalue weighted by Crippen LogP contribution is 2.26. The van der Waals surface area contributed by atoms with Crippen LogP contribution in [0.4, 0.5) is 0 Å². The summed E-state index contributed by atoms with van der Waals surface area (Å²) in [6.45, 7) is 8.77. The Hall–Kier alpha value is -0.860. The fourth-order valence-corrected chi connectivity index (χ4v) is 1.74. The lowest BCUT2D eigenvalue weighted by atomic mass is 9.80. The van der Waals surface area contributed by atoms with E-state index in [-0.39, 0.29) is 17.6 Å². The van der Waals surface area contributed by atoms with E-state index in [4.69, 9.17) is 0 Å². The van der Waals surface area contributed by atoms with E-state index in [1.807, 2.05) is 13.8 Å². The van der Waals surface area contributed by atoms with Crippen LogP contribution < -0.4 is 0 Å². The van der Waals surface area contributed by atoms with Crippen LogP contribution in [0.3, 0.4) is 0 Å². The first-order valence-electron chi connectivity index (χ1n) is 5.21. The molecule has 0 unspecified atom stereocenters. The molecule has 0 saturated carbocycles. The molecule has 1 fully saturated rings. The lowest BCUT2D eigenvalue weighted by Gasteiger charge is -2.37. The third kappa shape index (κ3) is 1.81. The van der Waals surface area contributed by atoms with Crippen LogP contribution in [0.1, 0.15) is 34.1 Å². The number of ketones is 1. The molecule has 1 amide bonds. The van der Waals surface area contributed by atoms with Crippen LogP contribution in [0.2, 0.25) is 0 Å². The zero-order chi connectivity index (χ0) is 10.9. The van der Waals surface area contributed by atoms with Crippen molar-refractivity contribution in [3.05, 3.63) is 0 Å². The van der Waals surface area contributed by atoms with Crippen molar-refractivity contribution >= 4 is 11.7 Å². The second kappa shape index (κ2) is 3.71. The summed E-state index contributed by atoms with van der Waals surface area (Å²) in [6.07, 6.45) is 1.07. The fraction of sp³-hybridized carbons (Fsp3) is 0.818.